The SMILES string of the molecule is Cc1ccc(S(=O)(=O)N2CCCC(C)C2O)cc1. The summed E-state index contributed by atoms with van der Waals surface area (Å²) in [5.74, 6) is -0.0148. The second-order valence-electron chi connectivity index (χ2n) is 4.96. The summed E-state index contributed by atoms with van der Waals surface area (Å²) in [4.78, 5) is 0.251. The van der Waals surface area contributed by atoms with E-state index in [1.54, 1.807) is 24.3 Å². The van der Waals surface area contributed by atoms with Crippen molar-refractivity contribution >= 4 is 10.0 Å². The van der Waals surface area contributed by atoms with E-state index in [0.717, 1.165) is 18.4 Å². The van der Waals surface area contributed by atoms with Crippen LogP contribution in [0.5, 0.6) is 0 Å². The van der Waals surface area contributed by atoms with Gasteiger partial charge in [-0.2, -0.15) is 4.31 Å². The molecule has 0 aromatic heterocycles. The van der Waals surface area contributed by atoms with Crippen molar-refractivity contribution in [3.63, 3.8) is 0 Å². The van der Waals surface area contributed by atoms with E-state index in [1.807, 2.05) is 13.8 Å². The van der Waals surface area contributed by atoms with Gasteiger partial charge in [0, 0.05) is 6.54 Å². The van der Waals surface area contributed by atoms with Gasteiger partial charge >= 0.3 is 0 Å². The second kappa shape index (κ2) is 4.99. The summed E-state index contributed by atoms with van der Waals surface area (Å²) in [5, 5.41) is 10.0. The Hall–Kier alpha value is -0.910. The summed E-state index contributed by atoms with van der Waals surface area (Å²) in [6.07, 6.45) is 0.745. The van der Waals surface area contributed by atoms with Gasteiger partial charge in [0.2, 0.25) is 10.0 Å². The zero-order valence-electron chi connectivity index (χ0n) is 10.7. The molecule has 0 spiro atoms. The van der Waals surface area contributed by atoms with Crippen molar-refractivity contribution < 1.29 is 13.5 Å². The smallest absolute Gasteiger partial charge is 0.245 e. The lowest BCUT2D eigenvalue weighted by Crippen LogP contribution is -2.47. The van der Waals surface area contributed by atoms with Gasteiger partial charge in [0.1, 0.15) is 6.23 Å². The van der Waals surface area contributed by atoms with Crippen LogP contribution in [-0.2, 0) is 10.0 Å². The van der Waals surface area contributed by atoms with Crippen molar-refractivity contribution in [2.45, 2.75) is 37.8 Å². The van der Waals surface area contributed by atoms with Crippen molar-refractivity contribution in [2.75, 3.05) is 6.54 Å². The van der Waals surface area contributed by atoms with Crippen LogP contribution in [0.2, 0.25) is 0 Å². The minimum absolute atomic E-state index is 0.0148. The molecule has 0 radical (unpaired) electrons. The standard InChI is InChI=1S/C13H19NO3S/c1-10-5-7-12(8-6-10)18(16,17)14-9-3-4-11(2)13(14)15/h5-8,11,13,15H,3-4,9H2,1-2H3. The maximum atomic E-state index is 12.4. The van der Waals surface area contributed by atoms with Crippen LogP contribution < -0.4 is 0 Å². The van der Waals surface area contributed by atoms with Crippen molar-refractivity contribution in [1.29, 1.82) is 0 Å². The summed E-state index contributed by atoms with van der Waals surface area (Å²) in [5.41, 5.74) is 1.02. The molecule has 0 saturated carbocycles. The zero-order chi connectivity index (χ0) is 13.3. The third kappa shape index (κ3) is 2.43. The molecule has 1 aliphatic rings. The van der Waals surface area contributed by atoms with Gasteiger partial charge in [-0.25, -0.2) is 8.42 Å². The van der Waals surface area contributed by atoms with Crippen LogP contribution in [0.15, 0.2) is 29.2 Å². The van der Waals surface area contributed by atoms with Gasteiger partial charge in [-0.05, 0) is 37.8 Å². The quantitative estimate of drug-likeness (QED) is 0.889. The minimum atomic E-state index is -3.58. The van der Waals surface area contributed by atoms with Gasteiger partial charge in [0.15, 0.2) is 0 Å². The number of hydrogen-bond acceptors (Lipinski definition) is 3. The first-order valence-electron chi connectivity index (χ1n) is 6.19. The summed E-state index contributed by atoms with van der Waals surface area (Å²) in [6, 6.07) is 6.73. The Morgan fingerprint density at radius 2 is 1.89 bits per heavy atom. The van der Waals surface area contributed by atoms with Crippen molar-refractivity contribution in [2.24, 2.45) is 5.92 Å². The van der Waals surface area contributed by atoms with Gasteiger partial charge in [-0.3, -0.25) is 0 Å². The third-order valence-corrected chi connectivity index (χ3v) is 5.35. The molecule has 0 aliphatic carbocycles. The molecule has 0 amide bonds. The minimum Gasteiger partial charge on any atom is -0.377 e. The number of aliphatic hydroxyl groups excluding tert-OH is 1. The summed E-state index contributed by atoms with van der Waals surface area (Å²) in [7, 11) is -3.58. The average molecular weight is 269 g/mol. The molecule has 2 unspecified atom stereocenters. The third-order valence-electron chi connectivity index (χ3n) is 3.47. The van der Waals surface area contributed by atoms with Gasteiger partial charge in [0.25, 0.3) is 0 Å². The zero-order valence-corrected chi connectivity index (χ0v) is 11.5. The maximum absolute atomic E-state index is 12.4. The largest absolute Gasteiger partial charge is 0.377 e. The van der Waals surface area contributed by atoms with Crippen molar-refractivity contribution in [3.8, 4) is 0 Å². The number of rotatable bonds is 2. The first-order valence-corrected chi connectivity index (χ1v) is 7.63. The number of piperidine rings is 1. The first kappa shape index (κ1) is 13.5. The fourth-order valence-corrected chi connectivity index (χ4v) is 3.85. The van der Waals surface area contributed by atoms with E-state index in [-0.39, 0.29) is 10.8 Å². The highest BCUT2D eigenvalue weighted by Crippen LogP contribution is 2.27. The Bertz CT molecular complexity index is 510. The molecular formula is C13H19NO3S. The highest BCUT2D eigenvalue weighted by Gasteiger charge is 2.35. The molecule has 0 bridgehead atoms. The Morgan fingerprint density at radius 3 is 2.50 bits per heavy atom. The molecule has 1 heterocycles. The summed E-state index contributed by atoms with van der Waals surface area (Å²) < 4.78 is 26.1. The number of sulfonamides is 1. The van der Waals surface area contributed by atoms with Crippen LogP contribution in [0.4, 0.5) is 0 Å². The topological polar surface area (TPSA) is 57.6 Å². The van der Waals surface area contributed by atoms with Gasteiger partial charge < -0.3 is 5.11 Å². The second-order valence-corrected chi connectivity index (χ2v) is 6.85. The molecule has 1 N–H and O–H groups in total. The van der Waals surface area contributed by atoms with Crippen molar-refractivity contribution in [1.82, 2.24) is 4.31 Å². The lowest BCUT2D eigenvalue weighted by molar-refractivity contribution is -0.00897. The van der Waals surface area contributed by atoms with E-state index in [0.29, 0.717) is 6.54 Å². The van der Waals surface area contributed by atoms with Crippen molar-refractivity contribution in [3.05, 3.63) is 29.8 Å². The van der Waals surface area contributed by atoms with Gasteiger partial charge in [0.05, 0.1) is 4.90 Å². The number of aryl methyl sites for hydroxylation is 1. The van der Waals surface area contributed by atoms with Crippen LogP contribution >= 0.6 is 0 Å². The molecule has 4 nitrogen and oxygen atoms in total. The predicted octanol–water partition coefficient (Wildman–Crippen LogP) is 1.73. The average Bonchev–Trinajstić information content (AvgIpc) is 2.33. The molecule has 100 valence electrons. The van der Waals surface area contributed by atoms with Crippen LogP contribution in [0.25, 0.3) is 0 Å². The summed E-state index contributed by atoms with van der Waals surface area (Å²) >= 11 is 0. The lowest BCUT2D eigenvalue weighted by atomic mass is 10.0. The van der Waals surface area contributed by atoms with Crippen LogP contribution in [0.3, 0.4) is 0 Å². The van der Waals surface area contributed by atoms with Gasteiger partial charge in [-0.15, -0.1) is 0 Å². The number of hydrogen-bond donors (Lipinski definition) is 1. The van der Waals surface area contributed by atoms with E-state index in [4.69, 9.17) is 0 Å². The summed E-state index contributed by atoms with van der Waals surface area (Å²) in [6.45, 7) is 4.18. The van der Waals surface area contributed by atoms with Gasteiger partial charge in [-0.1, -0.05) is 24.6 Å². The molecule has 5 heteroatoms. The van der Waals surface area contributed by atoms with Crippen LogP contribution in [0.1, 0.15) is 25.3 Å². The number of benzene rings is 1. The lowest BCUT2D eigenvalue weighted by Gasteiger charge is -2.35. The Morgan fingerprint density at radius 1 is 1.28 bits per heavy atom. The maximum Gasteiger partial charge on any atom is 0.245 e. The fourth-order valence-electron chi connectivity index (χ4n) is 2.24. The Balaban J connectivity index is 2.33. The van der Waals surface area contributed by atoms with E-state index in [9.17, 15) is 13.5 Å². The van der Waals surface area contributed by atoms with E-state index < -0.39 is 16.3 Å². The first-order chi connectivity index (χ1) is 8.43. The van der Waals surface area contributed by atoms with E-state index in [2.05, 4.69) is 0 Å². The molecule has 2 atom stereocenters. The molecule has 2 rings (SSSR count). The molecule has 18 heavy (non-hydrogen) atoms. The number of aliphatic hydroxyl groups is 1. The molecule has 1 fully saturated rings. The van der Waals surface area contributed by atoms with Crippen LogP contribution in [-0.4, -0.2) is 30.6 Å². The molecule has 1 aromatic carbocycles. The molecule has 1 saturated heterocycles. The molecule has 1 aromatic rings. The molecule has 1 aliphatic heterocycles. The fraction of sp³-hybridized carbons (Fsp3) is 0.538. The highest BCUT2D eigenvalue weighted by atomic mass is 32.2. The highest BCUT2D eigenvalue weighted by molar-refractivity contribution is 7.89. The van der Waals surface area contributed by atoms with Crippen LogP contribution in [0, 0.1) is 12.8 Å². The number of nitrogens with zero attached hydrogens (tertiary/aromatic N) is 1. The Labute approximate surface area is 108 Å². The monoisotopic (exact) mass is 269 g/mol. The Kier molecular flexibility index (Phi) is 3.75. The van der Waals surface area contributed by atoms with E-state index in [1.165, 1.54) is 4.31 Å². The molecular weight excluding hydrogens is 250 g/mol. The predicted molar refractivity (Wildman–Crippen MR) is 69.5 cm³/mol. The van der Waals surface area contributed by atoms with E-state index >= 15 is 0 Å². The normalized spacial score (nSPS) is 26.2.